The SMILES string of the molecule is COc1ccc(Br)cc1NC(=O)c1ccc(F)cc1. The molecule has 5 heteroatoms. The lowest BCUT2D eigenvalue weighted by atomic mass is 10.2. The Hall–Kier alpha value is -1.88. The summed E-state index contributed by atoms with van der Waals surface area (Å²) >= 11 is 3.32. The van der Waals surface area contributed by atoms with E-state index >= 15 is 0 Å². The molecule has 3 nitrogen and oxygen atoms in total. The molecular weight excluding hydrogens is 313 g/mol. The van der Waals surface area contributed by atoms with Gasteiger partial charge in [0.05, 0.1) is 12.8 Å². The van der Waals surface area contributed by atoms with Crippen LogP contribution in [0.25, 0.3) is 0 Å². The predicted molar refractivity (Wildman–Crippen MR) is 75.0 cm³/mol. The van der Waals surface area contributed by atoms with Gasteiger partial charge in [0.1, 0.15) is 11.6 Å². The monoisotopic (exact) mass is 323 g/mol. The van der Waals surface area contributed by atoms with Crippen LogP contribution in [-0.4, -0.2) is 13.0 Å². The molecule has 0 fully saturated rings. The zero-order chi connectivity index (χ0) is 13.8. The quantitative estimate of drug-likeness (QED) is 0.931. The molecule has 0 aliphatic carbocycles. The normalized spacial score (nSPS) is 10.1. The molecule has 1 N–H and O–H groups in total. The maximum atomic E-state index is 12.8. The number of halogens is 2. The molecule has 0 atom stereocenters. The molecule has 19 heavy (non-hydrogen) atoms. The van der Waals surface area contributed by atoms with Gasteiger partial charge < -0.3 is 10.1 Å². The number of methoxy groups -OCH3 is 1. The van der Waals surface area contributed by atoms with Crippen molar-refractivity contribution in [3.63, 3.8) is 0 Å². The molecule has 0 heterocycles. The predicted octanol–water partition coefficient (Wildman–Crippen LogP) is 3.85. The maximum absolute atomic E-state index is 12.8. The van der Waals surface area contributed by atoms with Crippen LogP contribution < -0.4 is 10.1 Å². The number of anilines is 1. The van der Waals surface area contributed by atoms with Crippen molar-refractivity contribution in [3.05, 3.63) is 58.3 Å². The highest BCUT2D eigenvalue weighted by atomic mass is 79.9. The fraction of sp³-hybridized carbons (Fsp3) is 0.0714. The largest absolute Gasteiger partial charge is 0.495 e. The van der Waals surface area contributed by atoms with Crippen LogP contribution in [0, 0.1) is 5.82 Å². The van der Waals surface area contributed by atoms with Crippen LogP contribution in [0.3, 0.4) is 0 Å². The Morgan fingerprint density at radius 2 is 1.89 bits per heavy atom. The van der Waals surface area contributed by atoms with E-state index in [2.05, 4.69) is 21.2 Å². The Labute approximate surface area is 118 Å². The third-order valence-electron chi connectivity index (χ3n) is 2.52. The second-order valence-corrected chi connectivity index (χ2v) is 4.72. The van der Waals surface area contributed by atoms with Gasteiger partial charge in [-0.2, -0.15) is 0 Å². The Balaban J connectivity index is 2.23. The van der Waals surface area contributed by atoms with Crippen LogP contribution in [0.2, 0.25) is 0 Å². The first kappa shape index (κ1) is 13.5. The molecule has 2 aromatic carbocycles. The smallest absolute Gasteiger partial charge is 0.255 e. The van der Waals surface area contributed by atoms with Gasteiger partial charge in [-0.3, -0.25) is 4.79 Å². The van der Waals surface area contributed by atoms with E-state index in [4.69, 9.17) is 4.74 Å². The fourth-order valence-corrected chi connectivity index (χ4v) is 1.93. The van der Waals surface area contributed by atoms with Gasteiger partial charge in [0, 0.05) is 10.0 Å². The van der Waals surface area contributed by atoms with Gasteiger partial charge in [0.25, 0.3) is 5.91 Å². The summed E-state index contributed by atoms with van der Waals surface area (Å²) in [5.41, 5.74) is 0.926. The van der Waals surface area contributed by atoms with Crippen LogP contribution in [0.4, 0.5) is 10.1 Å². The van der Waals surface area contributed by atoms with Crippen LogP contribution in [-0.2, 0) is 0 Å². The molecule has 2 rings (SSSR count). The maximum Gasteiger partial charge on any atom is 0.255 e. The third kappa shape index (κ3) is 3.32. The number of amides is 1. The molecule has 98 valence electrons. The average Bonchev–Trinajstić information content (AvgIpc) is 2.39. The van der Waals surface area contributed by atoms with E-state index in [1.807, 2.05) is 6.07 Å². The molecule has 0 saturated carbocycles. The first-order chi connectivity index (χ1) is 9.10. The fourth-order valence-electron chi connectivity index (χ4n) is 1.57. The molecule has 0 bridgehead atoms. The van der Waals surface area contributed by atoms with Gasteiger partial charge in [-0.05, 0) is 42.5 Å². The highest BCUT2D eigenvalue weighted by molar-refractivity contribution is 9.10. The Morgan fingerprint density at radius 3 is 2.53 bits per heavy atom. The van der Waals surface area contributed by atoms with Crippen molar-refractivity contribution in [1.29, 1.82) is 0 Å². The summed E-state index contributed by atoms with van der Waals surface area (Å²) in [6.45, 7) is 0. The summed E-state index contributed by atoms with van der Waals surface area (Å²) in [7, 11) is 1.52. The van der Waals surface area contributed by atoms with Crippen molar-refractivity contribution in [2.45, 2.75) is 0 Å². The number of rotatable bonds is 3. The second kappa shape index (κ2) is 5.84. The van der Waals surface area contributed by atoms with Gasteiger partial charge in [-0.1, -0.05) is 15.9 Å². The highest BCUT2D eigenvalue weighted by Crippen LogP contribution is 2.28. The van der Waals surface area contributed by atoms with Crippen molar-refractivity contribution in [2.75, 3.05) is 12.4 Å². The van der Waals surface area contributed by atoms with Crippen molar-refractivity contribution in [2.24, 2.45) is 0 Å². The first-order valence-corrected chi connectivity index (χ1v) is 6.30. The minimum atomic E-state index is -0.378. The van der Waals surface area contributed by atoms with Gasteiger partial charge in [-0.15, -0.1) is 0 Å². The number of hydrogen-bond donors (Lipinski definition) is 1. The molecule has 1 amide bonds. The van der Waals surface area contributed by atoms with Crippen LogP contribution in [0.1, 0.15) is 10.4 Å². The van der Waals surface area contributed by atoms with Gasteiger partial charge >= 0.3 is 0 Å². The molecule has 0 aliphatic rings. The number of carbonyl (C=O) groups is 1. The lowest BCUT2D eigenvalue weighted by molar-refractivity contribution is 0.102. The summed E-state index contributed by atoms with van der Waals surface area (Å²) in [4.78, 5) is 12.0. The van der Waals surface area contributed by atoms with E-state index < -0.39 is 0 Å². The van der Waals surface area contributed by atoms with Crippen molar-refractivity contribution < 1.29 is 13.9 Å². The summed E-state index contributed by atoms with van der Waals surface area (Å²) in [5.74, 6) is -0.147. The topological polar surface area (TPSA) is 38.3 Å². The molecular formula is C14H11BrFNO2. The van der Waals surface area contributed by atoms with E-state index in [-0.39, 0.29) is 11.7 Å². The van der Waals surface area contributed by atoms with E-state index in [9.17, 15) is 9.18 Å². The van der Waals surface area contributed by atoms with Gasteiger partial charge in [0.15, 0.2) is 0 Å². The zero-order valence-corrected chi connectivity index (χ0v) is 11.7. The van der Waals surface area contributed by atoms with Gasteiger partial charge in [0.2, 0.25) is 0 Å². The summed E-state index contributed by atoms with van der Waals surface area (Å²) in [6.07, 6.45) is 0. The third-order valence-corrected chi connectivity index (χ3v) is 3.01. The molecule has 0 radical (unpaired) electrons. The summed E-state index contributed by atoms with van der Waals surface area (Å²) in [6, 6.07) is 10.6. The minimum Gasteiger partial charge on any atom is -0.495 e. The molecule has 0 aliphatic heterocycles. The molecule has 0 saturated heterocycles. The highest BCUT2D eigenvalue weighted by Gasteiger charge is 2.10. The van der Waals surface area contributed by atoms with Crippen molar-refractivity contribution >= 4 is 27.5 Å². The number of carbonyl (C=O) groups excluding carboxylic acids is 1. The average molecular weight is 324 g/mol. The lowest BCUT2D eigenvalue weighted by Crippen LogP contribution is -2.12. The standard InChI is InChI=1S/C14H11BrFNO2/c1-19-13-7-4-10(15)8-12(13)17-14(18)9-2-5-11(16)6-3-9/h2-8H,1H3,(H,17,18). The zero-order valence-electron chi connectivity index (χ0n) is 10.1. The molecule has 2 aromatic rings. The first-order valence-electron chi connectivity index (χ1n) is 5.50. The van der Waals surface area contributed by atoms with E-state index in [1.54, 1.807) is 12.1 Å². The Morgan fingerprint density at radius 1 is 1.21 bits per heavy atom. The number of ether oxygens (including phenoxy) is 1. The minimum absolute atomic E-state index is 0.323. The molecule has 0 spiro atoms. The molecule has 0 unspecified atom stereocenters. The van der Waals surface area contributed by atoms with Crippen LogP contribution in [0.15, 0.2) is 46.9 Å². The van der Waals surface area contributed by atoms with E-state index in [0.29, 0.717) is 17.0 Å². The second-order valence-electron chi connectivity index (χ2n) is 3.81. The van der Waals surface area contributed by atoms with Crippen LogP contribution in [0.5, 0.6) is 5.75 Å². The van der Waals surface area contributed by atoms with E-state index in [1.165, 1.54) is 31.4 Å². The van der Waals surface area contributed by atoms with Crippen molar-refractivity contribution in [1.82, 2.24) is 0 Å². The molecule has 0 aromatic heterocycles. The van der Waals surface area contributed by atoms with Crippen molar-refractivity contribution in [3.8, 4) is 5.75 Å². The van der Waals surface area contributed by atoms with E-state index in [0.717, 1.165) is 4.47 Å². The Kier molecular flexibility index (Phi) is 4.16. The summed E-state index contributed by atoms with van der Waals surface area (Å²) < 4.78 is 18.8. The van der Waals surface area contributed by atoms with Crippen LogP contribution >= 0.6 is 15.9 Å². The number of hydrogen-bond acceptors (Lipinski definition) is 2. The Bertz CT molecular complexity index is 599. The van der Waals surface area contributed by atoms with Gasteiger partial charge in [-0.25, -0.2) is 4.39 Å². The summed E-state index contributed by atoms with van der Waals surface area (Å²) in [5, 5.41) is 2.72. The number of benzene rings is 2. The number of nitrogens with one attached hydrogen (secondary N) is 1. The lowest BCUT2D eigenvalue weighted by Gasteiger charge is -2.10.